The number of nitrogens with zero attached hydrogens (tertiary/aromatic N) is 4. The maximum Gasteiger partial charge on any atom is 0.234 e. The van der Waals surface area contributed by atoms with E-state index >= 15 is 0 Å². The van der Waals surface area contributed by atoms with Gasteiger partial charge in [-0.3, -0.25) is 9.48 Å². The number of carbonyl (C=O) groups is 1. The van der Waals surface area contributed by atoms with Crippen molar-refractivity contribution in [1.82, 2.24) is 14.7 Å². The summed E-state index contributed by atoms with van der Waals surface area (Å²) in [5.41, 5.74) is 5.62. The van der Waals surface area contributed by atoms with Crippen molar-refractivity contribution in [3.8, 4) is 5.75 Å². The lowest BCUT2D eigenvalue weighted by molar-refractivity contribution is -0.120. The number of likely N-dealkylation sites (N-methyl/N-ethyl adjacent to an activating group) is 1. The Labute approximate surface area is 215 Å². The Morgan fingerprint density at radius 2 is 1.94 bits per heavy atom. The fraction of sp³-hybridized carbons (Fsp3) is 0.467. The fourth-order valence-electron chi connectivity index (χ4n) is 4.85. The van der Waals surface area contributed by atoms with E-state index in [0.717, 1.165) is 54.9 Å². The van der Waals surface area contributed by atoms with Crippen LogP contribution in [0.1, 0.15) is 67.7 Å². The Bertz CT molecular complexity index is 1150. The van der Waals surface area contributed by atoms with Crippen LogP contribution in [0.15, 0.2) is 54.9 Å². The van der Waals surface area contributed by atoms with Gasteiger partial charge in [0.2, 0.25) is 5.91 Å². The maximum atomic E-state index is 14.2. The number of rotatable bonds is 10. The van der Waals surface area contributed by atoms with Crippen molar-refractivity contribution in [2.45, 2.75) is 65.0 Å². The van der Waals surface area contributed by atoms with Crippen LogP contribution in [0.5, 0.6) is 5.75 Å². The minimum absolute atomic E-state index is 0.152. The average molecular weight is 489 g/mol. The van der Waals surface area contributed by atoms with Crippen LogP contribution in [0.2, 0.25) is 0 Å². The summed E-state index contributed by atoms with van der Waals surface area (Å²) in [4.78, 5) is 18.2. The number of amides is 1. The van der Waals surface area contributed by atoms with E-state index in [2.05, 4.69) is 67.2 Å². The number of hydrogen-bond donors (Lipinski definition) is 0. The van der Waals surface area contributed by atoms with Crippen molar-refractivity contribution < 1.29 is 9.53 Å². The van der Waals surface area contributed by atoms with E-state index < -0.39 is 0 Å². The number of benzene rings is 2. The third-order valence-electron chi connectivity index (χ3n) is 7.02. The van der Waals surface area contributed by atoms with E-state index in [1.54, 1.807) is 0 Å². The summed E-state index contributed by atoms with van der Waals surface area (Å²) >= 11 is 0. The van der Waals surface area contributed by atoms with Gasteiger partial charge < -0.3 is 14.5 Å². The van der Waals surface area contributed by atoms with Gasteiger partial charge in [-0.15, -0.1) is 0 Å². The van der Waals surface area contributed by atoms with E-state index in [-0.39, 0.29) is 11.8 Å². The van der Waals surface area contributed by atoms with Crippen molar-refractivity contribution >= 4 is 11.6 Å². The molecule has 6 nitrogen and oxygen atoms in total. The fourth-order valence-corrected chi connectivity index (χ4v) is 4.85. The monoisotopic (exact) mass is 488 g/mol. The SMILES string of the molecule is CCn1cc(CN(C(=O)C2CCCc3cc(OCCN(C)C)ccc32)c2ccc(C(C)C)cc2)cn1. The second kappa shape index (κ2) is 11.7. The number of fused-ring (bicyclic) bond motifs is 1. The molecule has 1 amide bonds. The molecule has 192 valence electrons. The molecule has 1 aliphatic carbocycles. The topological polar surface area (TPSA) is 50.6 Å². The van der Waals surface area contributed by atoms with Crippen molar-refractivity contribution in [2.24, 2.45) is 0 Å². The van der Waals surface area contributed by atoms with E-state index in [9.17, 15) is 4.79 Å². The molecule has 0 bridgehead atoms. The van der Waals surface area contributed by atoms with Gasteiger partial charge in [-0.05, 0) is 87.2 Å². The minimum atomic E-state index is -0.157. The lowest BCUT2D eigenvalue weighted by Crippen LogP contribution is -2.36. The molecular formula is C30H40N4O2. The third-order valence-corrected chi connectivity index (χ3v) is 7.02. The third kappa shape index (κ3) is 6.16. The quantitative estimate of drug-likeness (QED) is 0.372. The molecule has 0 spiro atoms. The predicted molar refractivity (Wildman–Crippen MR) is 146 cm³/mol. The summed E-state index contributed by atoms with van der Waals surface area (Å²) in [5, 5.41) is 4.43. The molecule has 2 aromatic carbocycles. The summed E-state index contributed by atoms with van der Waals surface area (Å²) in [7, 11) is 4.09. The largest absolute Gasteiger partial charge is 0.492 e. The minimum Gasteiger partial charge on any atom is -0.492 e. The Balaban J connectivity index is 1.60. The summed E-state index contributed by atoms with van der Waals surface area (Å²) in [6.45, 7) is 9.30. The van der Waals surface area contributed by atoms with Gasteiger partial charge in [0.25, 0.3) is 0 Å². The van der Waals surface area contributed by atoms with Crippen LogP contribution in [-0.2, 0) is 24.3 Å². The second-order valence-electron chi connectivity index (χ2n) is 10.3. The number of aromatic nitrogens is 2. The molecule has 0 fully saturated rings. The number of ether oxygens (including phenoxy) is 1. The number of carbonyl (C=O) groups excluding carboxylic acids is 1. The zero-order chi connectivity index (χ0) is 25.7. The van der Waals surface area contributed by atoms with Gasteiger partial charge in [0, 0.05) is 30.5 Å². The molecule has 0 saturated carbocycles. The van der Waals surface area contributed by atoms with Crippen LogP contribution in [-0.4, -0.2) is 47.8 Å². The molecule has 1 unspecified atom stereocenters. The van der Waals surface area contributed by atoms with Crippen LogP contribution >= 0.6 is 0 Å². The molecule has 1 heterocycles. The van der Waals surface area contributed by atoms with Gasteiger partial charge in [-0.1, -0.05) is 32.0 Å². The van der Waals surface area contributed by atoms with E-state index in [1.165, 1.54) is 11.1 Å². The van der Waals surface area contributed by atoms with Crippen LogP contribution in [0, 0.1) is 0 Å². The van der Waals surface area contributed by atoms with Crippen molar-refractivity contribution in [1.29, 1.82) is 0 Å². The first-order valence-corrected chi connectivity index (χ1v) is 13.2. The smallest absolute Gasteiger partial charge is 0.234 e. The highest BCUT2D eigenvalue weighted by Gasteiger charge is 2.31. The van der Waals surface area contributed by atoms with Gasteiger partial charge in [0.15, 0.2) is 0 Å². The average Bonchev–Trinajstić information content (AvgIpc) is 3.34. The highest BCUT2D eigenvalue weighted by Crippen LogP contribution is 2.36. The summed E-state index contributed by atoms with van der Waals surface area (Å²) in [6, 6.07) is 14.7. The molecule has 0 radical (unpaired) electrons. The molecule has 1 atom stereocenters. The normalized spacial score (nSPS) is 15.2. The number of hydrogen-bond acceptors (Lipinski definition) is 4. The van der Waals surface area contributed by atoms with Gasteiger partial charge in [0.05, 0.1) is 18.7 Å². The highest BCUT2D eigenvalue weighted by molar-refractivity contribution is 5.98. The van der Waals surface area contributed by atoms with Crippen molar-refractivity contribution in [3.05, 3.63) is 77.1 Å². The predicted octanol–water partition coefficient (Wildman–Crippen LogP) is 5.62. The van der Waals surface area contributed by atoms with Gasteiger partial charge >= 0.3 is 0 Å². The Hall–Kier alpha value is -3.12. The molecule has 1 aromatic heterocycles. The van der Waals surface area contributed by atoms with Crippen LogP contribution in [0.3, 0.4) is 0 Å². The molecule has 0 saturated heterocycles. The van der Waals surface area contributed by atoms with E-state index in [1.807, 2.05) is 42.1 Å². The van der Waals surface area contributed by atoms with Gasteiger partial charge in [-0.2, -0.15) is 5.10 Å². The van der Waals surface area contributed by atoms with E-state index in [4.69, 9.17) is 4.74 Å². The molecule has 1 aliphatic rings. The van der Waals surface area contributed by atoms with Gasteiger partial charge in [-0.25, -0.2) is 0 Å². The van der Waals surface area contributed by atoms with Crippen molar-refractivity contribution in [2.75, 3.05) is 32.1 Å². The van der Waals surface area contributed by atoms with Gasteiger partial charge in [0.1, 0.15) is 12.4 Å². The summed E-state index contributed by atoms with van der Waals surface area (Å²) < 4.78 is 7.88. The molecule has 0 N–H and O–H groups in total. The molecule has 3 aromatic rings. The lowest BCUT2D eigenvalue weighted by Gasteiger charge is -2.31. The molecule has 6 heteroatoms. The Morgan fingerprint density at radius 1 is 1.17 bits per heavy atom. The highest BCUT2D eigenvalue weighted by atomic mass is 16.5. The first-order valence-electron chi connectivity index (χ1n) is 13.2. The van der Waals surface area contributed by atoms with Crippen LogP contribution in [0.25, 0.3) is 0 Å². The zero-order valence-electron chi connectivity index (χ0n) is 22.4. The second-order valence-corrected chi connectivity index (χ2v) is 10.3. The molecular weight excluding hydrogens is 448 g/mol. The molecule has 36 heavy (non-hydrogen) atoms. The lowest BCUT2D eigenvalue weighted by atomic mass is 9.81. The summed E-state index contributed by atoms with van der Waals surface area (Å²) in [6.07, 6.45) is 6.75. The molecule has 0 aliphatic heterocycles. The van der Waals surface area contributed by atoms with Crippen molar-refractivity contribution in [3.63, 3.8) is 0 Å². The Morgan fingerprint density at radius 3 is 2.61 bits per heavy atom. The number of aryl methyl sites for hydroxylation is 2. The standard InChI is InChI=1S/C30H40N4O2/c1-6-33-20-23(19-31-33)21-34(26-12-10-24(11-13-26)22(2)3)30(35)29-9-7-8-25-18-27(14-15-28(25)29)36-17-16-32(4)5/h10-15,18-20,22,29H,6-9,16-17,21H2,1-5H3. The van der Waals surface area contributed by atoms with E-state index in [0.29, 0.717) is 19.1 Å². The van der Waals surface area contributed by atoms with Crippen LogP contribution < -0.4 is 9.64 Å². The number of anilines is 1. The van der Waals surface area contributed by atoms with Crippen LogP contribution in [0.4, 0.5) is 5.69 Å². The maximum absolute atomic E-state index is 14.2. The first kappa shape index (κ1) is 26.0. The zero-order valence-corrected chi connectivity index (χ0v) is 22.4. The Kier molecular flexibility index (Phi) is 8.47. The molecule has 4 rings (SSSR count). The summed E-state index contributed by atoms with van der Waals surface area (Å²) in [5.74, 6) is 1.33. The first-order chi connectivity index (χ1) is 17.4.